The van der Waals surface area contributed by atoms with Crippen LogP contribution in [0.3, 0.4) is 0 Å². The molecule has 0 aliphatic rings. The number of fused-ring (bicyclic) bond motifs is 2. The number of pyridine rings is 3. The topological polar surface area (TPSA) is 168 Å². The van der Waals surface area contributed by atoms with Gasteiger partial charge in [-0.2, -0.15) is 0 Å². The summed E-state index contributed by atoms with van der Waals surface area (Å²) in [4.78, 5) is 62.8. The van der Waals surface area contributed by atoms with Crippen LogP contribution >= 0.6 is 23.2 Å². The molecule has 5 aromatic rings. The van der Waals surface area contributed by atoms with E-state index in [9.17, 15) is 29.8 Å². The minimum atomic E-state index is -0.516. The van der Waals surface area contributed by atoms with Crippen molar-refractivity contribution in [3.8, 4) is 0 Å². The average molecular weight is 691 g/mol. The van der Waals surface area contributed by atoms with Crippen molar-refractivity contribution in [2.75, 3.05) is 11.8 Å². The summed E-state index contributed by atoms with van der Waals surface area (Å²) in [5, 5.41) is 23.0. The summed E-state index contributed by atoms with van der Waals surface area (Å²) in [7, 11) is 0. The van der Waals surface area contributed by atoms with Crippen LogP contribution in [-0.4, -0.2) is 48.2 Å². The molecule has 3 aromatic heterocycles. The first-order valence-corrected chi connectivity index (χ1v) is 16.1. The summed E-state index contributed by atoms with van der Waals surface area (Å²) in [6, 6.07) is 13.2. The van der Waals surface area contributed by atoms with E-state index in [2.05, 4.69) is 9.98 Å². The van der Waals surface area contributed by atoms with Gasteiger partial charge in [0.2, 0.25) is 0 Å². The molecule has 13 nitrogen and oxygen atoms in total. The molecule has 2 aromatic carbocycles. The highest BCUT2D eigenvalue weighted by molar-refractivity contribution is 6.18. The van der Waals surface area contributed by atoms with Crippen molar-refractivity contribution >= 4 is 80.2 Å². The Morgan fingerprint density at radius 2 is 1.12 bits per heavy atom. The molecule has 15 heteroatoms. The van der Waals surface area contributed by atoms with Gasteiger partial charge in [0.05, 0.1) is 43.0 Å². The van der Waals surface area contributed by atoms with Crippen LogP contribution in [0.25, 0.3) is 21.8 Å². The number of nitro groups is 2. The molecule has 48 heavy (non-hydrogen) atoms. The molecule has 0 unspecified atom stereocenters. The molecule has 0 spiro atoms. The van der Waals surface area contributed by atoms with Crippen molar-refractivity contribution < 1.29 is 9.85 Å². The predicted molar refractivity (Wildman–Crippen MR) is 188 cm³/mol. The Balaban J connectivity index is 1.74. The minimum Gasteiger partial charge on any atom is -0.314 e. The third-order valence-electron chi connectivity index (χ3n) is 7.49. The lowest BCUT2D eigenvalue weighted by Crippen LogP contribution is -2.24. The van der Waals surface area contributed by atoms with E-state index >= 15 is 0 Å². The number of hydrogen-bond donors (Lipinski definition) is 0. The molecule has 3 heterocycles. The summed E-state index contributed by atoms with van der Waals surface area (Å²) >= 11 is 11.8. The summed E-state index contributed by atoms with van der Waals surface area (Å²) in [6.07, 6.45) is 8.79. The van der Waals surface area contributed by atoms with Gasteiger partial charge in [0.1, 0.15) is 0 Å². The number of aryl methyl sites for hydroxylation is 2. The second-order valence-corrected chi connectivity index (χ2v) is 11.6. The average Bonchev–Trinajstić information content (AvgIpc) is 3.09. The van der Waals surface area contributed by atoms with Crippen LogP contribution in [0, 0.1) is 20.2 Å². The first-order chi connectivity index (χ1) is 23.2. The zero-order chi connectivity index (χ0) is 34.2. The molecule has 0 aliphatic carbocycles. The van der Waals surface area contributed by atoms with Crippen LogP contribution in [0.2, 0.25) is 0 Å². The summed E-state index contributed by atoms with van der Waals surface area (Å²) in [6.45, 7) is 0.714. The van der Waals surface area contributed by atoms with E-state index in [1.807, 2.05) is 0 Å². The Morgan fingerprint density at radius 1 is 0.688 bits per heavy atom. The van der Waals surface area contributed by atoms with Crippen molar-refractivity contribution in [2.45, 2.75) is 38.8 Å². The van der Waals surface area contributed by atoms with E-state index in [4.69, 9.17) is 28.2 Å². The number of alkyl halides is 2. The highest BCUT2D eigenvalue weighted by Crippen LogP contribution is 2.24. The number of hydrogen-bond acceptors (Lipinski definition) is 9. The fraction of sp³-hybridized carbons (Fsp3) is 0.242. The zero-order valence-corrected chi connectivity index (χ0v) is 27.0. The highest BCUT2D eigenvalue weighted by Gasteiger charge is 2.17. The van der Waals surface area contributed by atoms with Gasteiger partial charge in [0.25, 0.3) is 22.5 Å². The molecule has 0 bridgehead atoms. The molecule has 0 saturated heterocycles. The lowest BCUT2D eigenvalue weighted by molar-refractivity contribution is -0.385. The number of nitro benzene ring substituents is 2. The van der Waals surface area contributed by atoms with Crippen molar-refractivity contribution in [2.24, 2.45) is 9.98 Å². The standard InChI is InChI=1S/C33H29Cl2N7O6/c34-11-1-3-13-39-20-22(18-36-24-7-5-9-26(15-24)41(45)46)30-28(32(39)43)17-29-31(38-30)23(21-40(33(29)44)14-4-2-12-35)19-37-25-8-6-10-27(16-25)42(47)48/h5-10,15-21H,1-4,11-14H2. The number of rotatable bonds is 14. The molecule has 5 rings (SSSR count). The summed E-state index contributed by atoms with van der Waals surface area (Å²) in [5.74, 6) is 0.860. The Labute approximate surface area is 283 Å². The quantitative estimate of drug-likeness (QED) is 0.0300. The molecule has 0 aliphatic heterocycles. The molecule has 0 saturated carbocycles. The summed E-state index contributed by atoms with van der Waals surface area (Å²) in [5.41, 5.74) is 1.09. The fourth-order valence-electron chi connectivity index (χ4n) is 5.10. The van der Waals surface area contributed by atoms with E-state index in [0.29, 0.717) is 73.0 Å². The van der Waals surface area contributed by atoms with Crippen LogP contribution in [0.15, 0.2) is 86.6 Å². The van der Waals surface area contributed by atoms with Crippen molar-refractivity contribution in [1.29, 1.82) is 0 Å². The number of benzene rings is 2. The Hall–Kier alpha value is -5.27. The van der Waals surface area contributed by atoms with Crippen LogP contribution in [0.5, 0.6) is 0 Å². The van der Waals surface area contributed by atoms with Gasteiger partial charge >= 0.3 is 0 Å². The number of halogens is 2. The summed E-state index contributed by atoms with van der Waals surface area (Å²) < 4.78 is 3.04. The van der Waals surface area contributed by atoms with Crippen LogP contribution in [0.1, 0.15) is 36.8 Å². The number of aliphatic imine (C=N–C) groups is 2. The van der Waals surface area contributed by atoms with Gasteiger partial charge in [-0.3, -0.25) is 39.8 Å². The Kier molecular flexibility index (Phi) is 11.0. The lowest BCUT2D eigenvalue weighted by Gasteiger charge is -2.13. The lowest BCUT2D eigenvalue weighted by atomic mass is 10.1. The molecule has 246 valence electrons. The maximum atomic E-state index is 13.8. The molecule has 0 atom stereocenters. The highest BCUT2D eigenvalue weighted by atomic mass is 35.5. The van der Waals surface area contributed by atoms with Gasteiger partial charge in [0, 0.05) is 85.1 Å². The van der Waals surface area contributed by atoms with E-state index in [0.717, 1.165) is 0 Å². The van der Waals surface area contributed by atoms with Crippen LogP contribution in [0.4, 0.5) is 22.7 Å². The minimum absolute atomic E-state index is 0.125. The maximum Gasteiger partial charge on any atom is 0.271 e. The second-order valence-electron chi connectivity index (χ2n) is 10.8. The fourth-order valence-corrected chi connectivity index (χ4v) is 5.48. The smallest absolute Gasteiger partial charge is 0.271 e. The maximum absolute atomic E-state index is 13.8. The van der Waals surface area contributed by atoms with Gasteiger partial charge in [-0.25, -0.2) is 4.98 Å². The van der Waals surface area contributed by atoms with Gasteiger partial charge in [-0.15, -0.1) is 23.2 Å². The van der Waals surface area contributed by atoms with Crippen molar-refractivity contribution in [3.63, 3.8) is 0 Å². The van der Waals surface area contributed by atoms with Gasteiger partial charge in [-0.05, 0) is 43.9 Å². The SMILES string of the molecule is O=c1c2cc3c(=O)n(CCCCCl)cc(C=Nc4cccc([N+](=O)[O-])c4)c3nc2c(C=Nc2cccc([N+](=O)[O-])c2)cn1CCCCCl. The third-order valence-corrected chi connectivity index (χ3v) is 8.03. The van der Waals surface area contributed by atoms with Gasteiger partial charge in [0.15, 0.2) is 0 Å². The molecule has 0 radical (unpaired) electrons. The van der Waals surface area contributed by atoms with E-state index in [1.54, 1.807) is 24.5 Å². The number of non-ortho nitro benzene ring substituents is 2. The van der Waals surface area contributed by atoms with E-state index < -0.39 is 9.85 Å². The van der Waals surface area contributed by atoms with E-state index in [-0.39, 0.29) is 44.3 Å². The monoisotopic (exact) mass is 689 g/mol. The second kappa shape index (κ2) is 15.5. The van der Waals surface area contributed by atoms with Crippen molar-refractivity contribution in [1.82, 2.24) is 14.1 Å². The zero-order valence-electron chi connectivity index (χ0n) is 25.5. The molecular weight excluding hydrogens is 661 g/mol. The third kappa shape index (κ3) is 7.81. The number of nitrogens with zero attached hydrogens (tertiary/aromatic N) is 7. The van der Waals surface area contributed by atoms with Gasteiger partial charge in [-0.1, -0.05) is 12.1 Å². The number of unbranched alkanes of at least 4 members (excludes halogenated alkanes) is 2. The van der Waals surface area contributed by atoms with E-state index in [1.165, 1.54) is 64.0 Å². The van der Waals surface area contributed by atoms with Crippen molar-refractivity contribution in [3.05, 3.63) is 119 Å². The number of aromatic nitrogens is 3. The largest absolute Gasteiger partial charge is 0.314 e. The molecular formula is C33H29Cl2N7O6. The van der Waals surface area contributed by atoms with Crippen LogP contribution < -0.4 is 11.1 Å². The van der Waals surface area contributed by atoms with Crippen LogP contribution in [-0.2, 0) is 13.1 Å². The normalized spacial score (nSPS) is 11.7. The Bertz CT molecular complexity index is 2050. The molecule has 0 amide bonds. The molecule has 0 fully saturated rings. The first-order valence-electron chi connectivity index (χ1n) is 15.0. The van der Waals surface area contributed by atoms with Gasteiger partial charge < -0.3 is 9.13 Å². The predicted octanol–water partition coefficient (Wildman–Crippen LogP) is 7.07. The molecule has 0 N–H and O–H groups in total. The first kappa shape index (κ1) is 34.1. The Morgan fingerprint density at radius 3 is 1.52 bits per heavy atom.